The third-order valence-electron chi connectivity index (χ3n) is 4.10. The summed E-state index contributed by atoms with van der Waals surface area (Å²) >= 11 is 0. The molecule has 1 fully saturated rings. The summed E-state index contributed by atoms with van der Waals surface area (Å²) in [7, 11) is -2.33. The Labute approximate surface area is 142 Å². The number of hydrogen-bond donors (Lipinski definition) is 1. The summed E-state index contributed by atoms with van der Waals surface area (Å²) < 4.78 is 33.1. The first-order chi connectivity index (χ1) is 11.3. The van der Waals surface area contributed by atoms with E-state index in [0.29, 0.717) is 25.1 Å². The zero-order chi connectivity index (χ0) is 17.7. The van der Waals surface area contributed by atoms with E-state index < -0.39 is 20.6 Å². The van der Waals surface area contributed by atoms with Crippen molar-refractivity contribution in [2.45, 2.75) is 30.7 Å². The Balaban J connectivity index is 2.18. The fraction of sp³-hybridized carbons (Fsp3) is 0.600. The number of ether oxygens (including phenoxy) is 1. The Morgan fingerprint density at radius 3 is 2.88 bits per heavy atom. The maximum Gasteiger partial charge on any atom is 0.289 e. The smallest absolute Gasteiger partial charge is 0.289 e. The average Bonchev–Trinajstić information content (AvgIpc) is 2.52. The molecular weight excluding hydrogens is 334 g/mol. The van der Waals surface area contributed by atoms with Gasteiger partial charge in [-0.2, -0.15) is 0 Å². The van der Waals surface area contributed by atoms with Gasteiger partial charge in [0.15, 0.2) is 4.90 Å². The molecule has 8 nitrogen and oxygen atoms in total. The highest BCUT2D eigenvalue weighted by atomic mass is 32.2. The second-order valence-electron chi connectivity index (χ2n) is 5.93. The van der Waals surface area contributed by atoms with Crippen molar-refractivity contribution in [1.29, 1.82) is 0 Å². The van der Waals surface area contributed by atoms with Gasteiger partial charge < -0.3 is 4.74 Å². The summed E-state index contributed by atoms with van der Waals surface area (Å²) in [5.41, 5.74) is -0.0294. The number of hydrogen-bond acceptors (Lipinski definition) is 6. The predicted octanol–water partition coefficient (Wildman–Crippen LogP) is 1.29. The van der Waals surface area contributed by atoms with Crippen molar-refractivity contribution >= 4 is 15.7 Å². The van der Waals surface area contributed by atoms with E-state index in [2.05, 4.69) is 9.62 Å². The van der Waals surface area contributed by atoms with E-state index in [9.17, 15) is 18.5 Å². The number of likely N-dealkylation sites (tertiary alicyclic amines) is 1. The van der Waals surface area contributed by atoms with Crippen molar-refractivity contribution < 1.29 is 18.1 Å². The van der Waals surface area contributed by atoms with Crippen LogP contribution in [0.4, 0.5) is 5.69 Å². The first-order valence-electron chi connectivity index (χ1n) is 7.83. The zero-order valence-electron chi connectivity index (χ0n) is 13.9. The molecule has 1 aliphatic rings. The molecule has 1 saturated heterocycles. The maximum atomic E-state index is 12.7. The molecule has 0 aliphatic carbocycles. The van der Waals surface area contributed by atoms with Crippen LogP contribution in [0.1, 0.15) is 18.4 Å². The predicted molar refractivity (Wildman–Crippen MR) is 89.5 cm³/mol. The van der Waals surface area contributed by atoms with Crippen LogP contribution in [0.2, 0.25) is 0 Å². The molecule has 24 heavy (non-hydrogen) atoms. The van der Waals surface area contributed by atoms with E-state index in [1.807, 2.05) is 0 Å². The van der Waals surface area contributed by atoms with Crippen molar-refractivity contribution in [3.63, 3.8) is 0 Å². The van der Waals surface area contributed by atoms with Crippen LogP contribution in [0.25, 0.3) is 0 Å². The van der Waals surface area contributed by atoms with Crippen molar-refractivity contribution in [1.82, 2.24) is 9.62 Å². The highest BCUT2D eigenvalue weighted by Crippen LogP contribution is 2.27. The zero-order valence-corrected chi connectivity index (χ0v) is 14.7. The van der Waals surface area contributed by atoms with E-state index >= 15 is 0 Å². The molecule has 1 atom stereocenters. The quantitative estimate of drug-likeness (QED) is 0.583. The molecule has 9 heteroatoms. The molecule has 1 aromatic rings. The van der Waals surface area contributed by atoms with Gasteiger partial charge in [-0.3, -0.25) is 15.0 Å². The number of nitro benzene ring substituents is 1. The van der Waals surface area contributed by atoms with Crippen LogP contribution >= 0.6 is 0 Å². The Bertz CT molecular complexity index is 692. The standard InChI is InChI=1S/C15H23N3O5S/c1-12-5-3-7-14(18(19)20)15(12)24(21,22)16-13-6-4-8-17(11-13)9-10-23-2/h3,5,7,13,16H,4,6,8-11H2,1-2H3. The van der Waals surface area contributed by atoms with Crippen molar-refractivity contribution in [3.8, 4) is 0 Å². The molecule has 1 aliphatic heterocycles. The molecule has 134 valence electrons. The van der Waals surface area contributed by atoms with Gasteiger partial charge in [0.05, 0.1) is 11.5 Å². The van der Waals surface area contributed by atoms with Gasteiger partial charge in [0, 0.05) is 32.3 Å². The van der Waals surface area contributed by atoms with Crippen LogP contribution in [0.5, 0.6) is 0 Å². The van der Waals surface area contributed by atoms with Crippen LogP contribution in [-0.2, 0) is 14.8 Å². The van der Waals surface area contributed by atoms with Gasteiger partial charge in [-0.25, -0.2) is 13.1 Å². The largest absolute Gasteiger partial charge is 0.383 e. The number of nitrogens with zero attached hydrogens (tertiary/aromatic N) is 2. The lowest BCUT2D eigenvalue weighted by atomic mass is 10.1. The summed E-state index contributed by atoms with van der Waals surface area (Å²) in [6.45, 7) is 4.35. The summed E-state index contributed by atoms with van der Waals surface area (Å²) in [5.74, 6) is 0. The van der Waals surface area contributed by atoms with Crippen molar-refractivity contribution in [2.24, 2.45) is 0 Å². The lowest BCUT2D eigenvalue weighted by molar-refractivity contribution is -0.387. The molecule has 0 radical (unpaired) electrons. The average molecular weight is 357 g/mol. The molecule has 1 unspecified atom stereocenters. The van der Waals surface area contributed by atoms with Gasteiger partial charge in [0.1, 0.15) is 0 Å². The van der Waals surface area contributed by atoms with Crippen LogP contribution < -0.4 is 4.72 Å². The minimum absolute atomic E-state index is 0.246. The number of sulfonamides is 1. The molecule has 0 bridgehead atoms. The maximum absolute atomic E-state index is 12.7. The van der Waals surface area contributed by atoms with Gasteiger partial charge in [-0.15, -0.1) is 0 Å². The van der Waals surface area contributed by atoms with E-state index in [1.54, 1.807) is 20.1 Å². The monoisotopic (exact) mass is 357 g/mol. The second kappa shape index (κ2) is 8.02. The molecule has 1 N–H and O–H groups in total. The van der Waals surface area contributed by atoms with Gasteiger partial charge in [-0.05, 0) is 31.9 Å². The number of methoxy groups -OCH3 is 1. The molecule has 0 aromatic heterocycles. The molecule has 0 saturated carbocycles. The molecule has 0 spiro atoms. The number of nitrogens with one attached hydrogen (secondary N) is 1. The normalized spacial score (nSPS) is 19.3. The van der Waals surface area contributed by atoms with E-state index in [-0.39, 0.29) is 10.9 Å². The topological polar surface area (TPSA) is 102 Å². The Morgan fingerprint density at radius 2 is 2.21 bits per heavy atom. The summed E-state index contributed by atoms with van der Waals surface area (Å²) in [6, 6.07) is 4.00. The highest BCUT2D eigenvalue weighted by Gasteiger charge is 2.31. The SMILES string of the molecule is COCCN1CCCC(NS(=O)(=O)c2c(C)cccc2[N+](=O)[O-])C1. The number of benzene rings is 1. The third-order valence-corrected chi connectivity index (χ3v) is 5.81. The van der Waals surface area contributed by atoms with Crippen LogP contribution in [0.3, 0.4) is 0 Å². The van der Waals surface area contributed by atoms with E-state index in [1.165, 1.54) is 12.1 Å². The first kappa shape index (κ1) is 18.8. The fourth-order valence-corrected chi connectivity index (χ4v) is 4.64. The van der Waals surface area contributed by atoms with Gasteiger partial charge in [-0.1, -0.05) is 12.1 Å². The van der Waals surface area contributed by atoms with Crippen LogP contribution in [0, 0.1) is 17.0 Å². The summed E-state index contributed by atoms with van der Waals surface area (Å²) in [5, 5.41) is 11.2. The number of rotatable bonds is 7. The van der Waals surface area contributed by atoms with Crippen LogP contribution in [0.15, 0.2) is 23.1 Å². The lowest BCUT2D eigenvalue weighted by Gasteiger charge is -2.32. The number of piperidine rings is 1. The third kappa shape index (κ3) is 4.50. The summed E-state index contributed by atoms with van der Waals surface area (Å²) in [6.07, 6.45) is 1.58. The van der Waals surface area contributed by atoms with Crippen molar-refractivity contribution in [3.05, 3.63) is 33.9 Å². The molecular formula is C15H23N3O5S. The molecule has 1 heterocycles. The van der Waals surface area contributed by atoms with E-state index in [4.69, 9.17) is 4.74 Å². The molecule has 2 rings (SSSR count). The number of nitro groups is 1. The highest BCUT2D eigenvalue weighted by molar-refractivity contribution is 7.89. The summed E-state index contributed by atoms with van der Waals surface area (Å²) in [4.78, 5) is 12.4. The minimum Gasteiger partial charge on any atom is -0.383 e. The minimum atomic E-state index is -3.96. The van der Waals surface area contributed by atoms with Crippen LogP contribution in [-0.4, -0.2) is 57.6 Å². The van der Waals surface area contributed by atoms with Crippen molar-refractivity contribution in [2.75, 3.05) is 33.4 Å². The van der Waals surface area contributed by atoms with Gasteiger partial charge in [0.2, 0.25) is 10.0 Å². The Morgan fingerprint density at radius 1 is 1.46 bits per heavy atom. The molecule has 1 aromatic carbocycles. The van der Waals surface area contributed by atoms with Gasteiger partial charge in [0.25, 0.3) is 5.69 Å². The lowest BCUT2D eigenvalue weighted by Crippen LogP contribution is -2.48. The fourth-order valence-electron chi connectivity index (χ4n) is 2.98. The second-order valence-corrected chi connectivity index (χ2v) is 7.58. The Kier molecular flexibility index (Phi) is 6.27. The molecule has 0 amide bonds. The number of aryl methyl sites for hydroxylation is 1. The Hall–Kier alpha value is -1.55. The van der Waals surface area contributed by atoms with E-state index in [0.717, 1.165) is 19.5 Å². The van der Waals surface area contributed by atoms with Gasteiger partial charge >= 0.3 is 0 Å². The first-order valence-corrected chi connectivity index (χ1v) is 9.31.